The highest BCUT2D eigenvalue weighted by atomic mass is 32.1. The minimum atomic E-state index is -0.204. The van der Waals surface area contributed by atoms with Gasteiger partial charge in [-0.05, 0) is 25.5 Å². The lowest BCUT2D eigenvalue weighted by Gasteiger charge is -2.14. The summed E-state index contributed by atoms with van der Waals surface area (Å²) in [5.41, 5.74) is 1.95. The van der Waals surface area contributed by atoms with Crippen LogP contribution in [0.2, 0.25) is 0 Å². The Balaban J connectivity index is 1.81. The molecule has 0 aliphatic carbocycles. The molecule has 19 heavy (non-hydrogen) atoms. The van der Waals surface area contributed by atoms with Crippen molar-refractivity contribution in [1.29, 1.82) is 0 Å². The Hall–Kier alpha value is -1.95. The van der Waals surface area contributed by atoms with Crippen molar-refractivity contribution in [3.63, 3.8) is 0 Å². The van der Waals surface area contributed by atoms with E-state index in [1.165, 1.54) is 0 Å². The number of thiazole rings is 1. The number of carbonyl (C=O) groups excluding carboxylic acids is 1. The zero-order chi connectivity index (χ0) is 13.7. The van der Waals surface area contributed by atoms with Crippen LogP contribution in [0.25, 0.3) is 0 Å². The number of urea groups is 1. The molecule has 0 saturated carbocycles. The van der Waals surface area contributed by atoms with E-state index in [1.807, 2.05) is 31.4 Å². The van der Waals surface area contributed by atoms with Gasteiger partial charge in [-0.15, -0.1) is 11.3 Å². The van der Waals surface area contributed by atoms with Crippen LogP contribution in [0.5, 0.6) is 0 Å². The molecule has 0 fully saturated rings. The summed E-state index contributed by atoms with van der Waals surface area (Å²) in [6.07, 6.45) is 3.45. The predicted molar refractivity (Wildman–Crippen MR) is 74.9 cm³/mol. The van der Waals surface area contributed by atoms with E-state index in [2.05, 4.69) is 20.6 Å². The van der Waals surface area contributed by atoms with Gasteiger partial charge in [-0.1, -0.05) is 6.07 Å². The summed E-state index contributed by atoms with van der Waals surface area (Å²) in [5, 5.41) is 8.52. The second kappa shape index (κ2) is 6.29. The van der Waals surface area contributed by atoms with Gasteiger partial charge < -0.3 is 10.6 Å². The molecule has 2 rings (SSSR count). The highest BCUT2D eigenvalue weighted by Gasteiger charge is 2.09. The smallest absolute Gasteiger partial charge is 0.315 e. The number of pyridine rings is 1. The van der Waals surface area contributed by atoms with Crippen LogP contribution in [0, 0.1) is 6.92 Å². The Labute approximate surface area is 116 Å². The molecule has 1 atom stereocenters. The minimum absolute atomic E-state index is 0.0771. The number of nitrogens with one attached hydrogen (secondary N) is 2. The average molecular weight is 276 g/mol. The average Bonchev–Trinajstić information content (AvgIpc) is 2.83. The maximum Gasteiger partial charge on any atom is 0.315 e. The first-order valence-corrected chi connectivity index (χ1v) is 6.88. The van der Waals surface area contributed by atoms with Gasteiger partial charge in [-0.3, -0.25) is 4.98 Å². The zero-order valence-electron chi connectivity index (χ0n) is 10.9. The normalized spacial score (nSPS) is 11.9. The first-order chi connectivity index (χ1) is 9.15. The Morgan fingerprint density at radius 2 is 2.37 bits per heavy atom. The third kappa shape index (κ3) is 4.03. The minimum Gasteiger partial charge on any atom is -0.332 e. The van der Waals surface area contributed by atoms with Crippen molar-refractivity contribution in [1.82, 2.24) is 20.6 Å². The van der Waals surface area contributed by atoms with Crippen LogP contribution in [-0.2, 0) is 6.54 Å². The highest BCUT2D eigenvalue weighted by Crippen LogP contribution is 2.10. The third-order valence-electron chi connectivity index (χ3n) is 2.60. The van der Waals surface area contributed by atoms with Crippen molar-refractivity contribution in [2.75, 3.05) is 0 Å². The molecule has 0 aliphatic rings. The first kappa shape index (κ1) is 13.5. The molecule has 0 aromatic carbocycles. The molecule has 0 spiro atoms. The third-order valence-corrected chi connectivity index (χ3v) is 3.57. The molecule has 0 bridgehead atoms. The van der Waals surface area contributed by atoms with E-state index in [1.54, 1.807) is 23.7 Å². The molecular weight excluding hydrogens is 260 g/mol. The molecule has 5 nitrogen and oxygen atoms in total. The van der Waals surface area contributed by atoms with Crippen molar-refractivity contribution < 1.29 is 4.79 Å². The van der Waals surface area contributed by atoms with Gasteiger partial charge in [0, 0.05) is 23.5 Å². The number of nitrogens with zero attached hydrogens (tertiary/aromatic N) is 2. The molecule has 0 aliphatic heterocycles. The summed E-state index contributed by atoms with van der Waals surface area (Å²) in [5.74, 6) is 0. The van der Waals surface area contributed by atoms with E-state index in [4.69, 9.17) is 0 Å². The fourth-order valence-corrected chi connectivity index (χ4v) is 2.31. The maximum absolute atomic E-state index is 11.7. The molecule has 2 N–H and O–H groups in total. The van der Waals surface area contributed by atoms with Gasteiger partial charge in [0.15, 0.2) is 0 Å². The van der Waals surface area contributed by atoms with Crippen molar-refractivity contribution in [3.05, 3.63) is 46.2 Å². The molecule has 100 valence electrons. The number of hydrogen-bond donors (Lipinski definition) is 2. The number of hydrogen-bond acceptors (Lipinski definition) is 4. The van der Waals surface area contributed by atoms with Gasteiger partial charge in [0.25, 0.3) is 0 Å². The highest BCUT2D eigenvalue weighted by molar-refractivity contribution is 7.09. The summed E-state index contributed by atoms with van der Waals surface area (Å²) < 4.78 is 0. The lowest BCUT2D eigenvalue weighted by molar-refractivity contribution is 0.237. The lowest BCUT2D eigenvalue weighted by Crippen LogP contribution is -2.36. The summed E-state index contributed by atoms with van der Waals surface area (Å²) in [6, 6.07) is 3.50. The Bertz CT molecular complexity index is 541. The monoisotopic (exact) mass is 276 g/mol. The van der Waals surface area contributed by atoms with Gasteiger partial charge in [-0.25, -0.2) is 9.78 Å². The number of amides is 2. The topological polar surface area (TPSA) is 66.9 Å². The Morgan fingerprint density at radius 3 is 3.00 bits per heavy atom. The molecule has 2 amide bonds. The molecule has 2 aromatic rings. The number of aryl methyl sites for hydroxylation is 1. The summed E-state index contributed by atoms with van der Waals surface area (Å²) in [6.45, 7) is 4.30. The molecule has 0 saturated heterocycles. The Kier molecular flexibility index (Phi) is 4.46. The van der Waals surface area contributed by atoms with Crippen LogP contribution < -0.4 is 10.6 Å². The van der Waals surface area contributed by atoms with Crippen LogP contribution in [0.1, 0.15) is 29.2 Å². The van der Waals surface area contributed by atoms with Gasteiger partial charge in [0.05, 0.1) is 12.6 Å². The largest absolute Gasteiger partial charge is 0.332 e. The second-order valence-corrected chi connectivity index (χ2v) is 5.16. The Morgan fingerprint density at radius 1 is 1.53 bits per heavy atom. The molecule has 2 aromatic heterocycles. The number of carbonyl (C=O) groups is 1. The second-order valence-electron chi connectivity index (χ2n) is 4.22. The van der Waals surface area contributed by atoms with E-state index >= 15 is 0 Å². The molecule has 6 heteroatoms. The SMILES string of the molecule is Cc1csc(CNC(=O)N[C@H](C)c2cccnc2)n1. The van der Waals surface area contributed by atoms with Gasteiger partial charge in [0.2, 0.25) is 0 Å². The fourth-order valence-electron chi connectivity index (χ4n) is 1.60. The fraction of sp³-hybridized carbons (Fsp3) is 0.308. The van der Waals surface area contributed by atoms with Gasteiger partial charge >= 0.3 is 6.03 Å². The zero-order valence-corrected chi connectivity index (χ0v) is 11.7. The van der Waals surface area contributed by atoms with E-state index < -0.39 is 0 Å². The van der Waals surface area contributed by atoms with Crippen LogP contribution >= 0.6 is 11.3 Å². The van der Waals surface area contributed by atoms with Crippen molar-refractivity contribution in [2.24, 2.45) is 0 Å². The standard InChI is InChI=1S/C13H16N4OS/c1-9-8-19-12(16-9)7-15-13(18)17-10(2)11-4-3-5-14-6-11/h3-6,8,10H,7H2,1-2H3,(H2,15,17,18)/t10-/m1/s1. The van der Waals surface area contributed by atoms with Crippen LogP contribution in [0.4, 0.5) is 4.79 Å². The molecular formula is C13H16N4OS. The van der Waals surface area contributed by atoms with Gasteiger partial charge in [-0.2, -0.15) is 0 Å². The van der Waals surface area contributed by atoms with E-state index in [0.717, 1.165) is 16.3 Å². The van der Waals surface area contributed by atoms with Crippen LogP contribution in [-0.4, -0.2) is 16.0 Å². The van der Waals surface area contributed by atoms with E-state index in [0.29, 0.717) is 6.54 Å². The van der Waals surface area contributed by atoms with E-state index in [9.17, 15) is 4.79 Å². The van der Waals surface area contributed by atoms with Crippen LogP contribution in [0.3, 0.4) is 0 Å². The summed E-state index contributed by atoms with van der Waals surface area (Å²) in [7, 11) is 0. The summed E-state index contributed by atoms with van der Waals surface area (Å²) >= 11 is 1.54. The maximum atomic E-state index is 11.7. The van der Waals surface area contributed by atoms with Gasteiger partial charge in [0.1, 0.15) is 5.01 Å². The van der Waals surface area contributed by atoms with E-state index in [-0.39, 0.29) is 12.1 Å². The van der Waals surface area contributed by atoms with Crippen molar-refractivity contribution in [2.45, 2.75) is 26.4 Å². The summed E-state index contributed by atoms with van der Waals surface area (Å²) in [4.78, 5) is 20.1. The molecule has 0 radical (unpaired) electrons. The predicted octanol–water partition coefficient (Wildman–Crippen LogP) is 2.41. The first-order valence-electron chi connectivity index (χ1n) is 6.00. The molecule has 0 unspecified atom stereocenters. The lowest BCUT2D eigenvalue weighted by atomic mass is 10.1. The van der Waals surface area contributed by atoms with Crippen molar-refractivity contribution >= 4 is 17.4 Å². The van der Waals surface area contributed by atoms with Crippen LogP contribution in [0.15, 0.2) is 29.9 Å². The molecule has 2 heterocycles. The van der Waals surface area contributed by atoms with Crippen molar-refractivity contribution in [3.8, 4) is 0 Å². The number of rotatable bonds is 4. The quantitative estimate of drug-likeness (QED) is 0.901. The number of aromatic nitrogens is 2.